The zero-order chi connectivity index (χ0) is 15.1. The number of carbonyl (C=O) groups is 1. The summed E-state index contributed by atoms with van der Waals surface area (Å²) in [5.41, 5.74) is 5.43. The minimum atomic E-state index is -0.222. The van der Waals surface area contributed by atoms with Crippen LogP contribution in [0, 0.1) is 5.92 Å². The highest BCUT2D eigenvalue weighted by molar-refractivity contribution is 5.79. The molecule has 3 N–H and O–H groups in total. The van der Waals surface area contributed by atoms with Crippen molar-refractivity contribution in [3.8, 4) is 0 Å². The molecule has 2 heterocycles. The first-order valence-corrected chi connectivity index (χ1v) is 8.66. The largest absolute Gasteiger partial charge is 0.368 e. The highest BCUT2D eigenvalue weighted by Gasteiger charge is 2.23. The van der Waals surface area contributed by atoms with Crippen molar-refractivity contribution in [1.82, 2.24) is 15.1 Å². The van der Waals surface area contributed by atoms with E-state index in [-0.39, 0.29) is 11.9 Å². The Kier molecular flexibility index (Phi) is 6.93. The lowest BCUT2D eigenvalue weighted by Gasteiger charge is -2.34. The minimum absolute atomic E-state index is 0.169. The lowest BCUT2D eigenvalue weighted by Crippen LogP contribution is -2.45. The zero-order valence-corrected chi connectivity index (χ0v) is 13.5. The van der Waals surface area contributed by atoms with Crippen LogP contribution in [0.4, 0.5) is 0 Å². The van der Waals surface area contributed by atoms with Crippen LogP contribution < -0.4 is 11.1 Å². The molecule has 1 amide bonds. The molecule has 2 aliphatic heterocycles. The van der Waals surface area contributed by atoms with Crippen molar-refractivity contribution in [3.05, 3.63) is 0 Å². The fraction of sp³-hybridized carbons (Fsp3) is 0.938. The third-order valence-corrected chi connectivity index (χ3v) is 4.95. The molecule has 2 rings (SSSR count). The van der Waals surface area contributed by atoms with E-state index in [1.165, 1.54) is 58.4 Å². The summed E-state index contributed by atoms with van der Waals surface area (Å²) in [6.45, 7) is 10.1. The van der Waals surface area contributed by atoms with Crippen LogP contribution in [0.1, 0.15) is 39.0 Å². The third-order valence-electron chi connectivity index (χ3n) is 4.95. The molecule has 0 aromatic rings. The Balaban J connectivity index is 1.62. The first kappa shape index (κ1) is 16.7. The summed E-state index contributed by atoms with van der Waals surface area (Å²) in [4.78, 5) is 16.5. The van der Waals surface area contributed by atoms with E-state index in [2.05, 4.69) is 15.1 Å². The number of hydrogen-bond acceptors (Lipinski definition) is 4. The van der Waals surface area contributed by atoms with E-state index in [9.17, 15) is 4.79 Å². The van der Waals surface area contributed by atoms with Crippen molar-refractivity contribution in [2.75, 3.05) is 45.8 Å². The van der Waals surface area contributed by atoms with E-state index < -0.39 is 0 Å². The van der Waals surface area contributed by atoms with E-state index in [4.69, 9.17) is 5.73 Å². The second-order valence-electron chi connectivity index (χ2n) is 6.59. The lowest BCUT2D eigenvalue weighted by atomic mass is 9.96. The fourth-order valence-electron chi connectivity index (χ4n) is 3.63. The normalized spacial score (nSPS) is 23.5. The van der Waals surface area contributed by atoms with Crippen LogP contribution in [-0.4, -0.2) is 67.6 Å². The van der Waals surface area contributed by atoms with Gasteiger partial charge in [0.15, 0.2) is 0 Å². The number of nitrogens with one attached hydrogen (secondary N) is 1. The number of hydrogen-bond donors (Lipinski definition) is 2. The van der Waals surface area contributed by atoms with Gasteiger partial charge in [0.1, 0.15) is 0 Å². The Morgan fingerprint density at radius 2 is 1.86 bits per heavy atom. The first-order valence-electron chi connectivity index (χ1n) is 8.66. The van der Waals surface area contributed by atoms with E-state index in [1.54, 1.807) is 0 Å². The second kappa shape index (κ2) is 8.71. The quantitative estimate of drug-likeness (QED) is 0.690. The highest BCUT2D eigenvalue weighted by Crippen LogP contribution is 2.20. The molecule has 0 radical (unpaired) electrons. The average molecular weight is 296 g/mol. The maximum Gasteiger partial charge on any atom is 0.234 e. The summed E-state index contributed by atoms with van der Waals surface area (Å²) in [5, 5.41) is 3.17. The monoisotopic (exact) mass is 296 g/mol. The summed E-state index contributed by atoms with van der Waals surface area (Å²) in [6.07, 6.45) is 6.22. The van der Waals surface area contributed by atoms with E-state index in [0.29, 0.717) is 0 Å². The molecular weight excluding hydrogens is 264 g/mol. The van der Waals surface area contributed by atoms with Gasteiger partial charge in [-0.3, -0.25) is 4.79 Å². The Hall–Kier alpha value is -0.650. The molecule has 0 aromatic carbocycles. The zero-order valence-electron chi connectivity index (χ0n) is 13.5. The van der Waals surface area contributed by atoms with E-state index >= 15 is 0 Å². The lowest BCUT2D eigenvalue weighted by molar-refractivity contribution is -0.120. The van der Waals surface area contributed by atoms with Crippen LogP contribution in [0.2, 0.25) is 0 Å². The Morgan fingerprint density at radius 1 is 1.19 bits per heavy atom. The summed E-state index contributed by atoms with van der Waals surface area (Å²) < 4.78 is 0. The molecular formula is C16H32N4O. The number of nitrogens with zero attached hydrogens (tertiary/aromatic N) is 2. The first-order chi connectivity index (χ1) is 10.2. The Morgan fingerprint density at radius 3 is 2.43 bits per heavy atom. The highest BCUT2D eigenvalue weighted by atomic mass is 16.1. The van der Waals surface area contributed by atoms with Gasteiger partial charge in [-0.15, -0.1) is 0 Å². The molecule has 5 nitrogen and oxygen atoms in total. The van der Waals surface area contributed by atoms with Gasteiger partial charge >= 0.3 is 0 Å². The number of amides is 1. The van der Waals surface area contributed by atoms with Gasteiger partial charge in [0.2, 0.25) is 5.91 Å². The molecule has 122 valence electrons. The number of carbonyl (C=O) groups excluding carboxylic acids is 1. The van der Waals surface area contributed by atoms with Gasteiger partial charge in [-0.1, -0.05) is 6.92 Å². The van der Waals surface area contributed by atoms with Crippen molar-refractivity contribution in [1.29, 1.82) is 0 Å². The van der Waals surface area contributed by atoms with Crippen LogP contribution in [0.3, 0.4) is 0 Å². The maximum absolute atomic E-state index is 11.3. The molecule has 2 fully saturated rings. The second-order valence-corrected chi connectivity index (χ2v) is 6.59. The van der Waals surface area contributed by atoms with E-state index in [0.717, 1.165) is 25.4 Å². The van der Waals surface area contributed by atoms with Crippen molar-refractivity contribution < 1.29 is 4.79 Å². The maximum atomic E-state index is 11.3. The standard InChI is InChI=1S/C16H32N4O/c1-2-18-15(16(17)21)7-12-19-10-5-14(6-11-19)13-20-8-3-4-9-20/h14-15,18H,2-13H2,1H3,(H2,17,21). The van der Waals surface area contributed by atoms with Crippen LogP contribution in [0.5, 0.6) is 0 Å². The van der Waals surface area contributed by atoms with Gasteiger partial charge in [-0.2, -0.15) is 0 Å². The fourth-order valence-corrected chi connectivity index (χ4v) is 3.63. The smallest absolute Gasteiger partial charge is 0.234 e. The molecule has 0 saturated carbocycles. The molecule has 0 bridgehead atoms. The third kappa shape index (κ3) is 5.57. The van der Waals surface area contributed by atoms with Gasteiger partial charge in [-0.25, -0.2) is 0 Å². The minimum Gasteiger partial charge on any atom is -0.368 e. The van der Waals surface area contributed by atoms with Gasteiger partial charge in [0.05, 0.1) is 6.04 Å². The molecule has 0 aliphatic carbocycles. The van der Waals surface area contributed by atoms with Crippen LogP contribution in [0.25, 0.3) is 0 Å². The van der Waals surface area contributed by atoms with Crippen molar-refractivity contribution in [2.24, 2.45) is 11.7 Å². The molecule has 0 aromatic heterocycles. The SMILES string of the molecule is CCNC(CCN1CCC(CN2CCCC2)CC1)C(N)=O. The summed E-state index contributed by atoms with van der Waals surface area (Å²) in [5.74, 6) is 0.654. The van der Waals surface area contributed by atoms with Crippen LogP contribution in [-0.2, 0) is 4.79 Å². The van der Waals surface area contributed by atoms with Crippen LogP contribution in [0.15, 0.2) is 0 Å². The predicted octanol–water partition coefficient (Wildman–Crippen LogP) is 0.648. The summed E-state index contributed by atoms with van der Waals surface area (Å²) in [6, 6.07) is -0.169. The molecule has 1 unspecified atom stereocenters. The number of piperidine rings is 1. The van der Waals surface area contributed by atoms with Gasteiger partial charge < -0.3 is 20.9 Å². The van der Waals surface area contributed by atoms with Gasteiger partial charge in [0, 0.05) is 13.1 Å². The summed E-state index contributed by atoms with van der Waals surface area (Å²) >= 11 is 0. The molecule has 21 heavy (non-hydrogen) atoms. The summed E-state index contributed by atoms with van der Waals surface area (Å²) in [7, 11) is 0. The molecule has 2 saturated heterocycles. The van der Waals surface area contributed by atoms with Crippen LogP contribution >= 0.6 is 0 Å². The van der Waals surface area contributed by atoms with Gasteiger partial charge in [0.25, 0.3) is 0 Å². The number of likely N-dealkylation sites (N-methyl/N-ethyl adjacent to an activating group) is 1. The molecule has 5 heteroatoms. The van der Waals surface area contributed by atoms with Crippen molar-refractivity contribution in [3.63, 3.8) is 0 Å². The molecule has 0 spiro atoms. The Labute approximate surface area is 129 Å². The number of rotatable bonds is 8. The molecule has 2 aliphatic rings. The number of nitrogens with two attached hydrogens (primary N) is 1. The topological polar surface area (TPSA) is 61.6 Å². The van der Waals surface area contributed by atoms with Crippen molar-refractivity contribution >= 4 is 5.91 Å². The van der Waals surface area contributed by atoms with E-state index in [1.807, 2.05) is 6.92 Å². The predicted molar refractivity (Wildman–Crippen MR) is 86.1 cm³/mol. The molecule has 1 atom stereocenters. The Bertz CT molecular complexity index is 309. The number of likely N-dealkylation sites (tertiary alicyclic amines) is 2. The van der Waals surface area contributed by atoms with Crippen molar-refractivity contribution in [2.45, 2.75) is 45.1 Å². The number of primary amides is 1. The van der Waals surface area contributed by atoms with Gasteiger partial charge in [-0.05, 0) is 70.7 Å². The average Bonchev–Trinajstić information content (AvgIpc) is 2.97.